The van der Waals surface area contributed by atoms with Crippen molar-refractivity contribution in [2.75, 3.05) is 13.2 Å². The monoisotopic (exact) mass is 287 g/mol. The molecule has 2 nitrogen and oxygen atoms in total. The van der Waals surface area contributed by atoms with Crippen LogP contribution in [0.15, 0.2) is 22.7 Å². The lowest BCUT2D eigenvalue weighted by molar-refractivity contribution is 0.305. The number of ether oxygens (including phenoxy) is 1. The molecule has 16 heavy (non-hydrogen) atoms. The lowest BCUT2D eigenvalue weighted by Crippen LogP contribution is -2.19. The van der Waals surface area contributed by atoms with Crippen molar-refractivity contribution >= 4 is 15.9 Å². The summed E-state index contributed by atoms with van der Waals surface area (Å²) < 4.78 is 19.0. The Bertz CT molecular complexity index is 355. The van der Waals surface area contributed by atoms with Gasteiger partial charge in [0, 0.05) is 6.04 Å². The predicted octanol–water partition coefficient (Wildman–Crippen LogP) is 3.11. The number of nitrogens with one attached hydrogen (secondary N) is 1. The third-order valence-electron chi connectivity index (χ3n) is 2.48. The molecule has 0 radical (unpaired) electrons. The maximum Gasteiger partial charge on any atom is 0.133 e. The number of hydrogen-bond donors (Lipinski definition) is 1. The van der Waals surface area contributed by atoms with E-state index in [1.165, 1.54) is 25.0 Å². The molecular weight excluding hydrogens is 273 g/mol. The Morgan fingerprint density at radius 3 is 2.94 bits per heavy atom. The Morgan fingerprint density at radius 1 is 1.44 bits per heavy atom. The fourth-order valence-electron chi connectivity index (χ4n) is 1.44. The van der Waals surface area contributed by atoms with Crippen LogP contribution in [-0.4, -0.2) is 19.2 Å². The van der Waals surface area contributed by atoms with E-state index in [1.807, 2.05) is 0 Å². The van der Waals surface area contributed by atoms with Gasteiger partial charge in [-0.2, -0.15) is 0 Å². The van der Waals surface area contributed by atoms with Crippen LogP contribution in [0.4, 0.5) is 4.39 Å². The molecule has 4 heteroatoms. The van der Waals surface area contributed by atoms with E-state index >= 15 is 0 Å². The normalized spacial score (nSPS) is 15.1. The molecule has 1 saturated carbocycles. The average Bonchev–Trinajstić information content (AvgIpc) is 3.04. The summed E-state index contributed by atoms with van der Waals surface area (Å²) in [6, 6.07) is 5.21. The summed E-state index contributed by atoms with van der Waals surface area (Å²) in [5, 5.41) is 3.41. The van der Waals surface area contributed by atoms with Crippen molar-refractivity contribution in [1.29, 1.82) is 0 Å². The third kappa shape index (κ3) is 3.76. The van der Waals surface area contributed by atoms with Gasteiger partial charge in [-0.15, -0.1) is 0 Å². The van der Waals surface area contributed by atoms with Gasteiger partial charge >= 0.3 is 0 Å². The number of benzene rings is 1. The minimum absolute atomic E-state index is 0.255. The maximum absolute atomic E-state index is 12.8. The molecule has 0 atom stereocenters. The largest absolute Gasteiger partial charge is 0.492 e. The second kappa shape index (κ2) is 5.64. The predicted molar refractivity (Wildman–Crippen MR) is 65.2 cm³/mol. The minimum Gasteiger partial charge on any atom is -0.492 e. The molecule has 0 aliphatic heterocycles. The summed E-state index contributed by atoms with van der Waals surface area (Å²) in [4.78, 5) is 0. The van der Waals surface area contributed by atoms with Crippen LogP contribution in [0.2, 0.25) is 0 Å². The van der Waals surface area contributed by atoms with E-state index in [-0.39, 0.29) is 5.82 Å². The second-order valence-electron chi connectivity index (χ2n) is 4.01. The lowest BCUT2D eigenvalue weighted by Gasteiger charge is -2.08. The Balaban J connectivity index is 1.67. The minimum atomic E-state index is -0.255. The van der Waals surface area contributed by atoms with Gasteiger partial charge in [-0.05, 0) is 59.9 Å². The summed E-state index contributed by atoms with van der Waals surface area (Å²) in [6.07, 6.45) is 3.59. The molecule has 1 N–H and O–H groups in total. The van der Waals surface area contributed by atoms with Gasteiger partial charge in [-0.25, -0.2) is 4.39 Å². The second-order valence-corrected chi connectivity index (χ2v) is 4.86. The van der Waals surface area contributed by atoms with Crippen molar-refractivity contribution in [1.82, 2.24) is 5.32 Å². The van der Waals surface area contributed by atoms with Gasteiger partial charge in [0.25, 0.3) is 0 Å². The first kappa shape index (κ1) is 11.9. The standard InChI is InChI=1S/C12H15BrFNO/c13-11-8-9(14)2-5-12(11)16-7-1-6-15-10-3-4-10/h2,5,8,10,15H,1,3-4,6-7H2. The molecule has 88 valence electrons. The summed E-state index contributed by atoms with van der Waals surface area (Å²) in [6.45, 7) is 1.65. The molecular formula is C12H15BrFNO. The Labute approximate surface area is 103 Å². The zero-order valence-corrected chi connectivity index (χ0v) is 10.6. The Morgan fingerprint density at radius 2 is 2.25 bits per heavy atom. The zero-order chi connectivity index (χ0) is 11.4. The number of rotatable bonds is 6. The van der Waals surface area contributed by atoms with Crippen LogP contribution < -0.4 is 10.1 Å². The highest BCUT2D eigenvalue weighted by Gasteiger charge is 2.19. The molecule has 1 aromatic rings. The molecule has 1 aromatic carbocycles. The van der Waals surface area contributed by atoms with Gasteiger partial charge in [-0.3, -0.25) is 0 Å². The van der Waals surface area contributed by atoms with Crippen molar-refractivity contribution in [3.05, 3.63) is 28.5 Å². The van der Waals surface area contributed by atoms with Crippen molar-refractivity contribution in [2.24, 2.45) is 0 Å². The fraction of sp³-hybridized carbons (Fsp3) is 0.500. The van der Waals surface area contributed by atoms with Crippen molar-refractivity contribution in [3.63, 3.8) is 0 Å². The molecule has 1 aliphatic carbocycles. The van der Waals surface area contributed by atoms with Crippen LogP contribution in [0.3, 0.4) is 0 Å². The van der Waals surface area contributed by atoms with Crippen molar-refractivity contribution < 1.29 is 9.13 Å². The van der Waals surface area contributed by atoms with Crippen LogP contribution in [-0.2, 0) is 0 Å². The third-order valence-corrected chi connectivity index (χ3v) is 3.10. The fourth-order valence-corrected chi connectivity index (χ4v) is 1.91. The Hall–Kier alpha value is -0.610. The highest BCUT2D eigenvalue weighted by molar-refractivity contribution is 9.10. The van der Waals surface area contributed by atoms with Crippen LogP contribution in [0, 0.1) is 5.82 Å². The zero-order valence-electron chi connectivity index (χ0n) is 9.01. The molecule has 1 aliphatic rings. The molecule has 0 unspecified atom stereocenters. The van der Waals surface area contributed by atoms with E-state index < -0.39 is 0 Å². The summed E-state index contributed by atoms with van der Waals surface area (Å²) in [7, 11) is 0. The summed E-state index contributed by atoms with van der Waals surface area (Å²) in [5.74, 6) is 0.447. The average molecular weight is 288 g/mol. The highest BCUT2D eigenvalue weighted by Crippen LogP contribution is 2.25. The molecule has 0 heterocycles. The van der Waals surface area contributed by atoms with Crippen LogP contribution in [0.25, 0.3) is 0 Å². The van der Waals surface area contributed by atoms with E-state index in [0.29, 0.717) is 16.8 Å². The molecule has 0 aromatic heterocycles. The quantitative estimate of drug-likeness (QED) is 0.812. The van der Waals surface area contributed by atoms with Gasteiger partial charge < -0.3 is 10.1 Å². The molecule has 0 bridgehead atoms. The first-order valence-corrected chi connectivity index (χ1v) is 6.36. The number of halogens is 2. The van der Waals surface area contributed by atoms with Crippen LogP contribution >= 0.6 is 15.9 Å². The number of hydrogen-bond acceptors (Lipinski definition) is 2. The van der Waals surface area contributed by atoms with E-state index in [0.717, 1.165) is 19.0 Å². The van der Waals surface area contributed by atoms with E-state index in [1.54, 1.807) is 6.07 Å². The van der Waals surface area contributed by atoms with E-state index in [4.69, 9.17) is 4.74 Å². The molecule has 1 fully saturated rings. The van der Waals surface area contributed by atoms with Gasteiger partial charge in [0.1, 0.15) is 11.6 Å². The van der Waals surface area contributed by atoms with Crippen molar-refractivity contribution in [3.8, 4) is 5.75 Å². The molecule has 0 saturated heterocycles. The van der Waals surface area contributed by atoms with Gasteiger partial charge in [0.2, 0.25) is 0 Å². The maximum atomic E-state index is 12.8. The van der Waals surface area contributed by atoms with Gasteiger partial charge in [0.05, 0.1) is 11.1 Å². The smallest absolute Gasteiger partial charge is 0.133 e. The van der Waals surface area contributed by atoms with E-state index in [2.05, 4.69) is 21.2 Å². The lowest BCUT2D eigenvalue weighted by atomic mass is 10.3. The molecule has 0 spiro atoms. The first-order chi connectivity index (χ1) is 7.75. The topological polar surface area (TPSA) is 21.3 Å². The SMILES string of the molecule is Fc1ccc(OCCCNC2CC2)c(Br)c1. The summed E-state index contributed by atoms with van der Waals surface area (Å²) in [5.41, 5.74) is 0. The van der Waals surface area contributed by atoms with Gasteiger partial charge in [0.15, 0.2) is 0 Å². The highest BCUT2D eigenvalue weighted by atomic mass is 79.9. The summed E-state index contributed by atoms with van der Waals surface area (Å²) >= 11 is 3.27. The van der Waals surface area contributed by atoms with Gasteiger partial charge in [-0.1, -0.05) is 0 Å². The van der Waals surface area contributed by atoms with E-state index in [9.17, 15) is 4.39 Å². The van der Waals surface area contributed by atoms with Crippen molar-refractivity contribution in [2.45, 2.75) is 25.3 Å². The first-order valence-electron chi connectivity index (χ1n) is 5.57. The van der Waals surface area contributed by atoms with Crippen LogP contribution in [0.1, 0.15) is 19.3 Å². The van der Waals surface area contributed by atoms with Crippen LogP contribution in [0.5, 0.6) is 5.75 Å². The Kier molecular flexibility index (Phi) is 4.18. The molecule has 0 amide bonds. The molecule has 2 rings (SSSR count).